The van der Waals surface area contributed by atoms with Crippen molar-refractivity contribution in [3.63, 3.8) is 0 Å². The van der Waals surface area contributed by atoms with Crippen LogP contribution in [0.4, 0.5) is 17.2 Å². The number of halogens is 1. The topological polar surface area (TPSA) is 60.2 Å². The van der Waals surface area contributed by atoms with Gasteiger partial charge in [0.25, 0.3) is 0 Å². The minimum atomic E-state index is 0.455. The second-order valence-electron chi connectivity index (χ2n) is 4.52. The molecule has 2 aromatic rings. The van der Waals surface area contributed by atoms with Crippen LogP contribution in [0.3, 0.4) is 0 Å². The fraction of sp³-hybridized carbons (Fsp3) is 0.267. The minimum Gasteiger partial charge on any atom is -0.476 e. The van der Waals surface area contributed by atoms with Crippen LogP contribution in [0.25, 0.3) is 0 Å². The number of nitrogen functional groups attached to an aromatic ring is 1. The zero-order valence-electron chi connectivity index (χ0n) is 11.6. The highest BCUT2D eigenvalue weighted by Crippen LogP contribution is 2.26. The number of nitrogens with zero attached hydrogens (tertiary/aromatic N) is 1. The number of hydrogen-bond acceptors (Lipinski definition) is 4. The van der Waals surface area contributed by atoms with Crippen LogP contribution in [0.2, 0.25) is 5.02 Å². The molecule has 20 heavy (non-hydrogen) atoms. The zero-order chi connectivity index (χ0) is 14.5. The van der Waals surface area contributed by atoms with Crippen LogP contribution < -0.4 is 15.8 Å². The highest BCUT2D eigenvalue weighted by Gasteiger charge is 2.06. The summed E-state index contributed by atoms with van der Waals surface area (Å²) in [7, 11) is 0. The van der Waals surface area contributed by atoms with E-state index in [1.807, 2.05) is 38.1 Å². The van der Waals surface area contributed by atoms with Crippen molar-refractivity contribution in [1.29, 1.82) is 0 Å². The average Bonchev–Trinajstić information content (AvgIpc) is 2.43. The molecule has 0 aliphatic carbocycles. The lowest BCUT2D eigenvalue weighted by molar-refractivity contribution is 0.307. The fourth-order valence-corrected chi connectivity index (χ4v) is 1.87. The zero-order valence-corrected chi connectivity index (χ0v) is 12.4. The van der Waals surface area contributed by atoms with Gasteiger partial charge in [0.2, 0.25) is 5.88 Å². The lowest BCUT2D eigenvalue weighted by Crippen LogP contribution is -2.03. The van der Waals surface area contributed by atoms with Crippen LogP contribution in [0.1, 0.15) is 18.9 Å². The van der Waals surface area contributed by atoms with Gasteiger partial charge in [0.15, 0.2) is 0 Å². The van der Waals surface area contributed by atoms with Crippen LogP contribution in [0.5, 0.6) is 5.88 Å². The van der Waals surface area contributed by atoms with E-state index in [1.54, 1.807) is 6.07 Å². The van der Waals surface area contributed by atoms with Crippen LogP contribution in [0.15, 0.2) is 30.3 Å². The van der Waals surface area contributed by atoms with Crippen molar-refractivity contribution >= 4 is 28.8 Å². The summed E-state index contributed by atoms with van der Waals surface area (Å²) >= 11 is 6.00. The van der Waals surface area contributed by atoms with Crippen molar-refractivity contribution < 1.29 is 4.74 Å². The lowest BCUT2D eigenvalue weighted by Gasteiger charge is -2.12. The van der Waals surface area contributed by atoms with Crippen LogP contribution in [-0.4, -0.2) is 11.6 Å². The third-order valence-electron chi connectivity index (χ3n) is 2.79. The van der Waals surface area contributed by atoms with Gasteiger partial charge in [-0.05, 0) is 43.2 Å². The predicted molar refractivity (Wildman–Crippen MR) is 83.9 cm³/mol. The molecular formula is C15H18ClN3O. The van der Waals surface area contributed by atoms with E-state index < -0.39 is 0 Å². The predicted octanol–water partition coefficient (Wildman–Crippen LogP) is 4.16. The summed E-state index contributed by atoms with van der Waals surface area (Å²) in [6, 6.07) is 9.26. The molecule has 4 nitrogen and oxygen atoms in total. The molecule has 0 fully saturated rings. The Kier molecular flexibility index (Phi) is 4.69. The first-order valence-corrected chi connectivity index (χ1v) is 6.90. The average molecular weight is 292 g/mol. The second-order valence-corrected chi connectivity index (χ2v) is 4.96. The quantitative estimate of drug-likeness (QED) is 0.868. The number of aromatic nitrogens is 1. The molecule has 2 rings (SSSR count). The Morgan fingerprint density at radius 3 is 2.85 bits per heavy atom. The Labute approximate surface area is 123 Å². The molecule has 0 spiro atoms. The van der Waals surface area contributed by atoms with Crippen molar-refractivity contribution in [2.24, 2.45) is 0 Å². The van der Waals surface area contributed by atoms with E-state index in [1.165, 1.54) is 0 Å². The summed E-state index contributed by atoms with van der Waals surface area (Å²) in [5, 5.41) is 3.90. The van der Waals surface area contributed by atoms with Gasteiger partial charge >= 0.3 is 0 Å². The van der Waals surface area contributed by atoms with Crippen LogP contribution >= 0.6 is 11.6 Å². The number of nitrogens with one attached hydrogen (secondary N) is 1. The van der Waals surface area contributed by atoms with Gasteiger partial charge in [-0.2, -0.15) is 4.98 Å². The molecule has 1 heterocycles. The molecular weight excluding hydrogens is 274 g/mol. The van der Waals surface area contributed by atoms with E-state index in [0.717, 1.165) is 17.7 Å². The molecule has 0 bridgehead atoms. The smallest absolute Gasteiger partial charge is 0.239 e. The summed E-state index contributed by atoms with van der Waals surface area (Å²) in [4.78, 5) is 4.37. The molecule has 106 valence electrons. The molecule has 0 amide bonds. The van der Waals surface area contributed by atoms with Gasteiger partial charge in [-0.25, -0.2) is 0 Å². The third-order valence-corrected chi connectivity index (χ3v) is 3.03. The summed E-state index contributed by atoms with van der Waals surface area (Å²) < 4.78 is 5.52. The maximum absolute atomic E-state index is 6.00. The van der Waals surface area contributed by atoms with Gasteiger partial charge in [0.05, 0.1) is 12.3 Å². The Hall–Kier alpha value is -1.94. The number of nitrogens with two attached hydrogens (primary N) is 1. The maximum Gasteiger partial charge on any atom is 0.239 e. The third kappa shape index (κ3) is 3.54. The van der Waals surface area contributed by atoms with E-state index in [2.05, 4.69) is 10.3 Å². The molecule has 0 radical (unpaired) electrons. The molecule has 0 unspecified atom stereocenters. The van der Waals surface area contributed by atoms with E-state index in [-0.39, 0.29) is 0 Å². The van der Waals surface area contributed by atoms with Crippen molar-refractivity contribution in [2.45, 2.75) is 20.3 Å². The Morgan fingerprint density at radius 2 is 2.10 bits per heavy atom. The van der Waals surface area contributed by atoms with Crippen LogP contribution in [-0.2, 0) is 0 Å². The largest absolute Gasteiger partial charge is 0.476 e. The van der Waals surface area contributed by atoms with Crippen molar-refractivity contribution in [3.8, 4) is 5.88 Å². The number of benzene rings is 1. The van der Waals surface area contributed by atoms with Crippen molar-refractivity contribution in [1.82, 2.24) is 4.98 Å². The Morgan fingerprint density at radius 1 is 1.30 bits per heavy atom. The number of pyridine rings is 1. The Balaban J connectivity index is 2.22. The summed E-state index contributed by atoms with van der Waals surface area (Å²) in [6.45, 7) is 4.63. The number of ether oxygens (including phenoxy) is 1. The minimum absolute atomic E-state index is 0.455. The highest BCUT2D eigenvalue weighted by molar-refractivity contribution is 6.30. The summed E-state index contributed by atoms with van der Waals surface area (Å²) in [5.41, 5.74) is 8.38. The molecule has 1 aromatic carbocycles. The lowest BCUT2D eigenvalue weighted by atomic mass is 10.2. The number of hydrogen-bond donors (Lipinski definition) is 2. The highest BCUT2D eigenvalue weighted by atomic mass is 35.5. The normalized spacial score (nSPS) is 10.3. The molecule has 1 aromatic heterocycles. The summed E-state index contributed by atoms with van der Waals surface area (Å²) in [6.07, 6.45) is 0.909. The first-order valence-electron chi connectivity index (χ1n) is 6.52. The SMILES string of the molecule is CCCOc1nc(Nc2cc(Cl)ccc2C)ccc1N. The van der Waals surface area contributed by atoms with E-state index >= 15 is 0 Å². The van der Waals surface area contributed by atoms with Gasteiger partial charge < -0.3 is 15.8 Å². The monoisotopic (exact) mass is 291 g/mol. The second kappa shape index (κ2) is 6.48. The molecule has 0 atom stereocenters. The van der Waals surface area contributed by atoms with Gasteiger partial charge in [0.1, 0.15) is 5.82 Å². The number of aryl methyl sites for hydroxylation is 1. The standard InChI is InChI=1S/C15H18ClN3O/c1-3-8-20-15-12(17)6-7-14(19-15)18-13-9-11(16)5-4-10(13)2/h4-7,9H,3,8,17H2,1-2H3,(H,18,19). The number of rotatable bonds is 5. The van der Waals surface area contributed by atoms with E-state index in [4.69, 9.17) is 22.1 Å². The van der Waals surface area contributed by atoms with Gasteiger partial charge in [-0.15, -0.1) is 0 Å². The Bertz CT molecular complexity index is 602. The fourth-order valence-electron chi connectivity index (χ4n) is 1.70. The van der Waals surface area contributed by atoms with E-state index in [9.17, 15) is 0 Å². The van der Waals surface area contributed by atoms with Gasteiger partial charge in [-0.1, -0.05) is 24.6 Å². The molecule has 0 saturated heterocycles. The van der Waals surface area contributed by atoms with E-state index in [0.29, 0.717) is 29.0 Å². The van der Waals surface area contributed by atoms with Crippen molar-refractivity contribution in [3.05, 3.63) is 40.9 Å². The first kappa shape index (κ1) is 14.5. The summed E-state index contributed by atoms with van der Waals surface area (Å²) in [5.74, 6) is 1.13. The molecule has 0 aliphatic rings. The molecule has 5 heteroatoms. The first-order chi connectivity index (χ1) is 9.60. The van der Waals surface area contributed by atoms with Crippen LogP contribution in [0, 0.1) is 6.92 Å². The van der Waals surface area contributed by atoms with Crippen molar-refractivity contribution in [2.75, 3.05) is 17.7 Å². The number of anilines is 3. The molecule has 3 N–H and O–H groups in total. The maximum atomic E-state index is 6.00. The van der Waals surface area contributed by atoms with Gasteiger partial charge in [-0.3, -0.25) is 0 Å². The molecule has 0 aliphatic heterocycles. The molecule has 0 saturated carbocycles. The van der Waals surface area contributed by atoms with Gasteiger partial charge in [0, 0.05) is 10.7 Å².